The van der Waals surface area contributed by atoms with E-state index in [2.05, 4.69) is 20.8 Å². The number of hydrogen-bond acceptors (Lipinski definition) is 3. The molecule has 1 aliphatic rings. The van der Waals surface area contributed by atoms with E-state index in [0.29, 0.717) is 6.54 Å². The number of nitrogens with zero attached hydrogens (tertiary/aromatic N) is 1. The van der Waals surface area contributed by atoms with E-state index in [1.54, 1.807) is 0 Å². The summed E-state index contributed by atoms with van der Waals surface area (Å²) in [6, 6.07) is 7.25. The molecule has 104 valence electrons. The number of β-amino-alcohol motifs (C(OH)–C–C–N with tert-alkyl or cyclic N) is 1. The fourth-order valence-electron chi connectivity index (χ4n) is 2.61. The van der Waals surface area contributed by atoms with Gasteiger partial charge in [0.1, 0.15) is 0 Å². The Hall–Kier alpha value is -0.710. The molecule has 0 aromatic heterocycles. The van der Waals surface area contributed by atoms with E-state index in [9.17, 15) is 9.90 Å². The number of ketones is 1. The van der Waals surface area contributed by atoms with Crippen LogP contribution in [0, 0.1) is 0 Å². The average Bonchev–Trinajstić information content (AvgIpc) is 2.37. The molecule has 2 unspecified atom stereocenters. The van der Waals surface area contributed by atoms with Gasteiger partial charge in [-0.1, -0.05) is 28.1 Å². The summed E-state index contributed by atoms with van der Waals surface area (Å²) in [7, 11) is 0. The molecule has 0 spiro atoms. The van der Waals surface area contributed by atoms with E-state index >= 15 is 0 Å². The number of carbonyl (C=O) groups excluding carboxylic acids is 1. The van der Waals surface area contributed by atoms with Crippen molar-refractivity contribution >= 4 is 21.7 Å². The van der Waals surface area contributed by atoms with Gasteiger partial charge < -0.3 is 5.11 Å². The molecule has 19 heavy (non-hydrogen) atoms. The quantitative estimate of drug-likeness (QED) is 0.869. The standard InChI is InChI=1S/C15H20BrNO2/c1-11(17-9-3-8-15(2,19)10-17)14(18)12-4-6-13(16)7-5-12/h4-7,11,19H,3,8-10H2,1-2H3. The fourth-order valence-corrected chi connectivity index (χ4v) is 2.87. The highest BCUT2D eigenvalue weighted by Crippen LogP contribution is 2.23. The Morgan fingerprint density at radius 1 is 1.42 bits per heavy atom. The number of hydrogen-bond donors (Lipinski definition) is 1. The lowest BCUT2D eigenvalue weighted by atomic mass is 9.92. The number of piperidine rings is 1. The molecule has 0 bridgehead atoms. The summed E-state index contributed by atoms with van der Waals surface area (Å²) in [6.07, 6.45) is 1.74. The van der Waals surface area contributed by atoms with E-state index in [1.165, 1.54) is 0 Å². The molecule has 1 aliphatic heterocycles. The molecule has 0 aliphatic carbocycles. The number of benzene rings is 1. The minimum atomic E-state index is -0.674. The Balaban J connectivity index is 2.08. The zero-order valence-corrected chi connectivity index (χ0v) is 13.0. The number of Topliss-reactive ketones (excluding diaryl/α,β-unsaturated/α-hetero) is 1. The normalized spacial score (nSPS) is 26.1. The van der Waals surface area contributed by atoms with Crippen molar-refractivity contribution < 1.29 is 9.90 Å². The van der Waals surface area contributed by atoms with Crippen molar-refractivity contribution in [2.75, 3.05) is 13.1 Å². The van der Waals surface area contributed by atoms with Crippen LogP contribution >= 0.6 is 15.9 Å². The Bertz CT molecular complexity index is 456. The van der Waals surface area contributed by atoms with E-state index in [4.69, 9.17) is 0 Å². The summed E-state index contributed by atoms with van der Waals surface area (Å²) >= 11 is 3.37. The van der Waals surface area contributed by atoms with Gasteiger partial charge in [-0.3, -0.25) is 9.69 Å². The van der Waals surface area contributed by atoms with E-state index in [0.717, 1.165) is 29.4 Å². The van der Waals surface area contributed by atoms with Crippen molar-refractivity contribution in [1.82, 2.24) is 4.90 Å². The molecule has 4 heteroatoms. The number of rotatable bonds is 3. The van der Waals surface area contributed by atoms with Crippen molar-refractivity contribution in [2.24, 2.45) is 0 Å². The lowest BCUT2D eigenvalue weighted by Crippen LogP contribution is -2.51. The Morgan fingerprint density at radius 2 is 2.05 bits per heavy atom. The first-order valence-electron chi connectivity index (χ1n) is 6.65. The zero-order chi connectivity index (χ0) is 14.0. The SMILES string of the molecule is CC(C(=O)c1ccc(Br)cc1)N1CCCC(C)(O)C1. The minimum Gasteiger partial charge on any atom is -0.389 e. The summed E-state index contributed by atoms with van der Waals surface area (Å²) in [5.41, 5.74) is 0.0490. The monoisotopic (exact) mass is 325 g/mol. The van der Waals surface area contributed by atoms with Gasteiger partial charge in [-0.05, 0) is 45.4 Å². The predicted molar refractivity (Wildman–Crippen MR) is 79.4 cm³/mol. The number of halogens is 1. The van der Waals surface area contributed by atoms with Crippen LogP contribution in [0.25, 0.3) is 0 Å². The van der Waals surface area contributed by atoms with Gasteiger partial charge in [0.15, 0.2) is 5.78 Å². The molecule has 2 atom stereocenters. The fraction of sp³-hybridized carbons (Fsp3) is 0.533. The number of likely N-dealkylation sites (tertiary alicyclic amines) is 1. The van der Waals surface area contributed by atoms with Gasteiger partial charge in [0.2, 0.25) is 0 Å². The topological polar surface area (TPSA) is 40.5 Å². The second kappa shape index (κ2) is 5.73. The molecule has 1 aromatic carbocycles. The van der Waals surface area contributed by atoms with Crippen LogP contribution in [0.1, 0.15) is 37.0 Å². The van der Waals surface area contributed by atoms with E-state index in [-0.39, 0.29) is 11.8 Å². The van der Waals surface area contributed by atoms with Gasteiger partial charge in [-0.2, -0.15) is 0 Å². The first-order chi connectivity index (χ1) is 8.89. The predicted octanol–water partition coefficient (Wildman–Crippen LogP) is 2.87. The van der Waals surface area contributed by atoms with Gasteiger partial charge in [-0.15, -0.1) is 0 Å². The Labute approximate surface area is 122 Å². The molecule has 1 fully saturated rings. The van der Waals surface area contributed by atoms with Crippen molar-refractivity contribution in [3.05, 3.63) is 34.3 Å². The van der Waals surface area contributed by atoms with Crippen molar-refractivity contribution in [3.8, 4) is 0 Å². The molecular weight excluding hydrogens is 306 g/mol. The van der Waals surface area contributed by atoms with Gasteiger partial charge in [0, 0.05) is 16.6 Å². The van der Waals surface area contributed by atoms with Crippen molar-refractivity contribution in [2.45, 2.75) is 38.3 Å². The maximum Gasteiger partial charge on any atom is 0.179 e. The lowest BCUT2D eigenvalue weighted by Gasteiger charge is -2.39. The average molecular weight is 326 g/mol. The summed E-state index contributed by atoms with van der Waals surface area (Å²) in [6.45, 7) is 5.21. The minimum absolute atomic E-state index is 0.116. The molecular formula is C15H20BrNO2. The third-order valence-electron chi connectivity index (χ3n) is 3.76. The smallest absolute Gasteiger partial charge is 0.179 e. The van der Waals surface area contributed by atoms with Crippen molar-refractivity contribution in [1.29, 1.82) is 0 Å². The first kappa shape index (κ1) is 14.7. The number of aliphatic hydroxyl groups is 1. The van der Waals surface area contributed by atoms with Crippen LogP contribution in [-0.4, -0.2) is 40.5 Å². The molecule has 1 heterocycles. The van der Waals surface area contributed by atoms with E-state index in [1.807, 2.05) is 38.1 Å². The van der Waals surface area contributed by atoms with Crippen LogP contribution in [0.15, 0.2) is 28.7 Å². The highest BCUT2D eigenvalue weighted by Gasteiger charge is 2.33. The Morgan fingerprint density at radius 3 is 2.63 bits per heavy atom. The second-order valence-electron chi connectivity index (χ2n) is 5.62. The van der Waals surface area contributed by atoms with Crippen LogP contribution in [0.5, 0.6) is 0 Å². The zero-order valence-electron chi connectivity index (χ0n) is 11.4. The van der Waals surface area contributed by atoms with Crippen LogP contribution in [0.2, 0.25) is 0 Å². The van der Waals surface area contributed by atoms with Gasteiger partial charge in [0.25, 0.3) is 0 Å². The van der Waals surface area contributed by atoms with Crippen LogP contribution in [0.3, 0.4) is 0 Å². The van der Waals surface area contributed by atoms with Crippen LogP contribution in [-0.2, 0) is 0 Å². The molecule has 0 amide bonds. The summed E-state index contributed by atoms with van der Waals surface area (Å²) in [5, 5.41) is 10.1. The molecule has 1 aromatic rings. The first-order valence-corrected chi connectivity index (χ1v) is 7.44. The highest BCUT2D eigenvalue weighted by atomic mass is 79.9. The van der Waals surface area contributed by atoms with Gasteiger partial charge in [-0.25, -0.2) is 0 Å². The second-order valence-corrected chi connectivity index (χ2v) is 6.53. The summed E-state index contributed by atoms with van der Waals surface area (Å²) in [5.74, 6) is 0.116. The van der Waals surface area contributed by atoms with E-state index < -0.39 is 5.60 Å². The van der Waals surface area contributed by atoms with Gasteiger partial charge >= 0.3 is 0 Å². The highest BCUT2D eigenvalue weighted by molar-refractivity contribution is 9.10. The molecule has 3 nitrogen and oxygen atoms in total. The summed E-state index contributed by atoms with van der Waals surface area (Å²) < 4.78 is 0.970. The maximum atomic E-state index is 12.4. The molecule has 2 rings (SSSR count). The van der Waals surface area contributed by atoms with Gasteiger partial charge in [0.05, 0.1) is 11.6 Å². The molecule has 0 radical (unpaired) electrons. The Kier molecular flexibility index (Phi) is 4.43. The largest absolute Gasteiger partial charge is 0.389 e. The van der Waals surface area contributed by atoms with Crippen LogP contribution in [0.4, 0.5) is 0 Å². The van der Waals surface area contributed by atoms with Crippen LogP contribution < -0.4 is 0 Å². The third kappa shape index (κ3) is 3.65. The number of carbonyl (C=O) groups is 1. The summed E-state index contributed by atoms with van der Waals surface area (Å²) in [4.78, 5) is 14.5. The molecule has 0 saturated carbocycles. The third-order valence-corrected chi connectivity index (χ3v) is 4.29. The maximum absolute atomic E-state index is 12.4. The molecule has 1 N–H and O–H groups in total. The lowest BCUT2D eigenvalue weighted by molar-refractivity contribution is -0.0242. The molecule has 1 saturated heterocycles. The van der Waals surface area contributed by atoms with Crippen molar-refractivity contribution in [3.63, 3.8) is 0 Å².